The number of carboxylic acid groups (broad SMARTS) is 1. The molecule has 0 aliphatic rings. The Morgan fingerprint density at radius 3 is 2.39 bits per heavy atom. The van der Waals surface area contributed by atoms with Crippen LogP contribution < -0.4 is 4.74 Å². The summed E-state index contributed by atoms with van der Waals surface area (Å²) in [6, 6.07) is 1.40. The molecule has 1 N–H and O–H groups in total. The zero-order valence-electron chi connectivity index (χ0n) is 11.4. The molecule has 0 unspecified atom stereocenters. The van der Waals surface area contributed by atoms with Gasteiger partial charge in [0, 0.05) is 5.56 Å². The minimum atomic E-state index is -0.933. The van der Waals surface area contributed by atoms with Gasteiger partial charge in [0.2, 0.25) is 0 Å². The lowest BCUT2D eigenvalue weighted by atomic mass is 9.84. The highest BCUT2D eigenvalue weighted by atomic mass is 19.1. The molecule has 4 heteroatoms. The van der Waals surface area contributed by atoms with Crippen molar-refractivity contribution in [3.05, 3.63) is 28.6 Å². The second kappa shape index (κ2) is 4.96. The normalized spacial score (nSPS) is 11.4. The van der Waals surface area contributed by atoms with E-state index in [1.807, 2.05) is 6.92 Å². The number of halogens is 1. The van der Waals surface area contributed by atoms with Crippen molar-refractivity contribution >= 4 is 5.97 Å². The fourth-order valence-electron chi connectivity index (χ4n) is 1.95. The summed E-state index contributed by atoms with van der Waals surface area (Å²) >= 11 is 0. The van der Waals surface area contributed by atoms with E-state index in [2.05, 4.69) is 0 Å². The van der Waals surface area contributed by atoms with Crippen LogP contribution in [0.4, 0.5) is 4.39 Å². The first-order valence-corrected chi connectivity index (χ1v) is 5.76. The van der Waals surface area contributed by atoms with Crippen LogP contribution in [0, 0.1) is 25.1 Å². The van der Waals surface area contributed by atoms with Crippen LogP contribution in [0.1, 0.15) is 30.5 Å². The summed E-state index contributed by atoms with van der Waals surface area (Å²) in [7, 11) is 1.49. The van der Waals surface area contributed by atoms with Crippen LogP contribution in [0.2, 0.25) is 0 Å². The van der Waals surface area contributed by atoms with Crippen LogP contribution >= 0.6 is 0 Å². The molecule has 0 aliphatic carbocycles. The zero-order chi connectivity index (χ0) is 14.1. The van der Waals surface area contributed by atoms with Gasteiger partial charge in [0.25, 0.3) is 0 Å². The predicted molar refractivity (Wildman–Crippen MR) is 67.5 cm³/mol. The first-order valence-electron chi connectivity index (χ1n) is 5.76. The van der Waals surface area contributed by atoms with Gasteiger partial charge < -0.3 is 9.84 Å². The van der Waals surface area contributed by atoms with Gasteiger partial charge in [-0.1, -0.05) is 0 Å². The average molecular weight is 254 g/mol. The standard InChI is InChI=1S/C14H19FO3/c1-8-10(7-14(3,4)13(16)17)6-11(15)9(2)12(8)18-5/h6H,7H2,1-5H3,(H,16,17). The summed E-state index contributed by atoms with van der Waals surface area (Å²) < 4.78 is 18.9. The molecule has 0 radical (unpaired) electrons. The average Bonchev–Trinajstić information content (AvgIpc) is 2.26. The maximum atomic E-state index is 13.8. The summed E-state index contributed by atoms with van der Waals surface area (Å²) in [5.74, 6) is -0.776. The molecule has 0 amide bonds. The van der Waals surface area contributed by atoms with E-state index in [-0.39, 0.29) is 12.2 Å². The maximum absolute atomic E-state index is 13.8. The van der Waals surface area contributed by atoms with Crippen LogP contribution in [0.25, 0.3) is 0 Å². The van der Waals surface area contributed by atoms with Crippen LogP contribution in [0.5, 0.6) is 5.75 Å². The Balaban J connectivity index is 3.27. The third-order valence-electron chi connectivity index (χ3n) is 3.24. The van der Waals surface area contributed by atoms with E-state index in [0.717, 1.165) is 5.56 Å². The summed E-state index contributed by atoms with van der Waals surface area (Å²) in [6.07, 6.45) is 0.266. The van der Waals surface area contributed by atoms with Crippen LogP contribution in [-0.4, -0.2) is 18.2 Å². The maximum Gasteiger partial charge on any atom is 0.309 e. The highest BCUT2D eigenvalue weighted by Gasteiger charge is 2.29. The number of carboxylic acids is 1. The second-order valence-corrected chi connectivity index (χ2v) is 5.17. The number of rotatable bonds is 4. The number of ether oxygens (including phenoxy) is 1. The van der Waals surface area contributed by atoms with E-state index in [4.69, 9.17) is 9.84 Å². The number of hydrogen-bond acceptors (Lipinski definition) is 2. The molecule has 0 saturated heterocycles. The van der Waals surface area contributed by atoms with Crippen molar-refractivity contribution in [1.29, 1.82) is 0 Å². The topological polar surface area (TPSA) is 46.5 Å². The molecule has 1 rings (SSSR count). The smallest absolute Gasteiger partial charge is 0.309 e. The van der Waals surface area contributed by atoms with E-state index < -0.39 is 11.4 Å². The lowest BCUT2D eigenvalue weighted by Gasteiger charge is -2.22. The molecule has 0 spiro atoms. The lowest BCUT2D eigenvalue weighted by Crippen LogP contribution is -2.26. The molecule has 1 aromatic carbocycles. The molecule has 0 aromatic heterocycles. The van der Waals surface area contributed by atoms with Crippen molar-refractivity contribution < 1.29 is 19.0 Å². The Hall–Kier alpha value is -1.58. The molecule has 0 atom stereocenters. The molecule has 0 saturated carbocycles. The summed E-state index contributed by atoms with van der Waals surface area (Å²) in [6.45, 7) is 6.71. The van der Waals surface area contributed by atoms with E-state index >= 15 is 0 Å². The Kier molecular flexibility index (Phi) is 3.99. The minimum Gasteiger partial charge on any atom is -0.496 e. The molecule has 0 fully saturated rings. The lowest BCUT2D eigenvalue weighted by molar-refractivity contribution is -0.146. The van der Waals surface area contributed by atoms with Crippen molar-refractivity contribution in [2.75, 3.05) is 7.11 Å². The fourth-order valence-corrected chi connectivity index (χ4v) is 1.95. The molecular formula is C14H19FO3. The summed E-state index contributed by atoms with van der Waals surface area (Å²) in [5.41, 5.74) is 0.984. The first-order chi connectivity index (χ1) is 8.20. The Morgan fingerprint density at radius 2 is 1.94 bits per heavy atom. The Labute approximate surface area is 107 Å². The second-order valence-electron chi connectivity index (χ2n) is 5.17. The third-order valence-corrected chi connectivity index (χ3v) is 3.24. The van der Waals surface area contributed by atoms with Gasteiger partial charge in [-0.15, -0.1) is 0 Å². The summed E-state index contributed by atoms with van der Waals surface area (Å²) in [5, 5.41) is 9.12. The van der Waals surface area contributed by atoms with Crippen molar-refractivity contribution in [2.24, 2.45) is 5.41 Å². The molecule has 3 nitrogen and oxygen atoms in total. The highest BCUT2D eigenvalue weighted by Crippen LogP contribution is 2.32. The SMILES string of the molecule is COc1c(C)c(F)cc(CC(C)(C)C(=O)O)c1C. The Bertz CT molecular complexity index is 478. The van der Waals surface area contributed by atoms with Gasteiger partial charge >= 0.3 is 5.97 Å². The monoisotopic (exact) mass is 254 g/mol. The van der Waals surface area contributed by atoms with Crippen molar-refractivity contribution in [3.63, 3.8) is 0 Å². The van der Waals surface area contributed by atoms with Gasteiger partial charge in [-0.05, 0) is 51.3 Å². The van der Waals surface area contributed by atoms with Crippen LogP contribution in [0.3, 0.4) is 0 Å². The van der Waals surface area contributed by atoms with Gasteiger partial charge in [0.1, 0.15) is 11.6 Å². The minimum absolute atomic E-state index is 0.266. The molecule has 0 aliphatic heterocycles. The first kappa shape index (κ1) is 14.5. The van der Waals surface area contributed by atoms with Crippen LogP contribution in [-0.2, 0) is 11.2 Å². The molecular weight excluding hydrogens is 235 g/mol. The number of methoxy groups -OCH3 is 1. The van der Waals surface area contributed by atoms with Crippen molar-refractivity contribution in [3.8, 4) is 5.75 Å². The van der Waals surface area contributed by atoms with Gasteiger partial charge in [-0.3, -0.25) is 4.79 Å². The molecule has 0 bridgehead atoms. The van der Waals surface area contributed by atoms with Crippen LogP contribution in [0.15, 0.2) is 6.07 Å². The number of benzene rings is 1. The fraction of sp³-hybridized carbons (Fsp3) is 0.500. The van der Waals surface area contributed by atoms with Gasteiger partial charge in [0.15, 0.2) is 0 Å². The van der Waals surface area contributed by atoms with Crippen molar-refractivity contribution in [1.82, 2.24) is 0 Å². The highest BCUT2D eigenvalue weighted by molar-refractivity contribution is 5.74. The largest absolute Gasteiger partial charge is 0.496 e. The molecule has 18 heavy (non-hydrogen) atoms. The predicted octanol–water partition coefficient (Wildman–Crippen LogP) is 3.10. The quantitative estimate of drug-likeness (QED) is 0.898. The van der Waals surface area contributed by atoms with E-state index in [1.165, 1.54) is 13.2 Å². The molecule has 100 valence electrons. The number of aliphatic carboxylic acids is 1. The Morgan fingerprint density at radius 1 is 1.39 bits per heavy atom. The number of hydrogen-bond donors (Lipinski definition) is 1. The zero-order valence-corrected chi connectivity index (χ0v) is 11.4. The van der Waals surface area contributed by atoms with E-state index in [0.29, 0.717) is 16.9 Å². The van der Waals surface area contributed by atoms with E-state index in [9.17, 15) is 9.18 Å². The number of carbonyl (C=O) groups is 1. The van der Waals surface area contributed by atoms with Crippen molar-refractivity contribution in [2.45, 2.75) is 34.1 Å². The molecule has 0 heterocycles. The molecule has 1 aromatic rings. The van der Waals surface area contributed by atoms with Gasteiger partial charge in [0.05, 0.1) is 12.5 Å². The van der Waals surface area contributed by atoms with Gasteiger partial charge in [-0.25, -0.2) is 4.39 Å². The third kappa shape index (κ3) is 2.63. The summed E-state index contributed by atoms with van der Waals surface area (Å²) in [4.78, 5) is 11.1. The van der Waals surface area contributed by atoms with Gasteiger partial charge in [-0.2, -0.15) is 0 Å². The van der Waals surface area contributed by atoms with E-state index in [1.54, 1.807) is 20.8 Å².